The van der Waals surface area contributed by atoms with Gasteiger partial charge in [0.05, 0.1) is 13.2 Å². The normalized spacial score (nSPS) is 24.9. The van der Waals surface area contributed by atoms with Crippen LogP contribution in [0.15, 0.2) is 53.4 Å². The van der Waals surface area contributed by atoms with Crippen LogP contribution in [-0.2, 0) is 16.6 Å². The van der Waals surface area contributed by atoms with Gasteiger partial charge in [0.15, 0.2) is 0 Å². The highest BCUT2D eigenvalue weighted by molar-refractivity contribution is 7.89. The largest absolute Gasteiger partial charge is 0.497 e. The lowest BCUT2D eigenvalue weighted by Gasteiger charge is -2.28. The van der Waals surface area contributed by atoms with Crippen LogP contribution in [0.2, 0.25) is 0 Å². The molecule has 2 atom stereocenters. The molecule has 0 unspecified atom stereocenters. The summed E-state index contributed by atoms with van der Waals surface area (Å²) in [4.78, 5) is 2.62. The van der Waals surface area contributed by atoms with Crippen LogP contribution >= 0.6 is 0 Å². The van der Waals surface area contributed by atoms with Crippen molar-refractivity contribution in [2.75, 3.05) is 27.2 Å². The number of hydrogen-bond acceptors (Lipinski definition) is 5. The van der Waals surface area contributed by atoms with E-state index in [1.807, 2.05) is 24.3 Å². The summed E-state index contributed by atoms with van der Waals surface area (Å²) in [5.74, 6) is 1.31. The topological polar surface area (TPSA) is 59.1 Å². The van der Waals surface area contributed by atoms with Crippen molar-refractivity contribution in [3.63, 3.8) is 0 Å². The lowest BCUT2D eigenvalue weighted by Crippen LogP contribution is -2.44. The first-order valence-corrected chi connectivity index (χ1v) is 11.0. The number of sulfonamides is 1. The van der Waals surface area contributed by atoms with Crippen LogP contribution < -0.4 is 9.47 Å². The minimum atomic E-state index is -3.56. The molecule has 0 amide bonds. The summed E-state index contributed by atoms with van der Waals surface area (Å²) in [5.41, 5.74) is 1.19. The van der Waals surface area contributed by atoms with E-state index >= 15 is 0 Å². The molecule has 0 aromatic heterocycles. The van der Waals surface area contributed by atoms with Crippen LogP contribution in [0, 0.1) is 0 Å². The zero-order chi connectivity index (χ0) is 19.7. The quantitative estimate of drug-likeness (QED) is 0.790. The third-order valence-corrected chi connectivity index (χ3v) is 7.61. The number of nitrogens with zero attached hydrogens (tertiary/aromatic N) is 2. The van der Waals surface area contributed by atoms with Gasteiger partial charge in [-0.15, -0.1) is 0 Å². The van der Waals surface area contributed by atoms with E-state index in [1.165, 1.54) is 9.87 Å². The van der Waals surface area contributed by atoms with E-state index in [4.69, 9.17) is 9.47 Å². The maximum atomic E-state index is 13.1. The van der Waals surface area contributed by atoms with E-state index in [0.717, 1.165) is 38.2 Å². The lowest BCUT2D eigenvalue weighted by molar-refractivity contribution is 0.122. The minimum Gasteiger partial charge on any atom is -0.497 e. The second kappa shape index (κ2) is 7.73. The van der Waals surface area contributed by atoms with Gasteiger partial charge in [-0.05, 0) is 42.7 Å². The average Bonchev–Trinajstić information content (AvgIpc) is 2.93. The number of benzene rings is 2. The smallest absolute Gasteiger partial charge is 0.246 e. The highest BCUT2D eigenvalue weighted by atomic mass is 32.2. The number of ether oxygens (including phenoxy) is 2. The second-order valence-electron chi connectivity index (χ2n) is 7.40. The van der Waals surface area contributed by atoms with Gasteiger partial charge in [-0.25, -0.2) is 8.42 Å². The Hall–Kier alpha value is -2.09. The zero-order valence-electron chi connectivity index (χ0n) is 16.2. The van der Waals surface area contributed by atoms with Gasteiger partial charge in [0.1, 0.15) is 22.5 Å². The van der Waals surface area contributed by atoms with Crippen molar-refractivity contribution in [1.29, 1.82) is 0 Å². The van der Waals surface area contributed by atoms with E-state index in [2.05, 4.69) is 11.0 Å². The number of rotatable bonds is 3. The molecule has 2 aliphatic rings. The molecule has 1 fully saturated rings. The molecule has 2 aromatic rings. The Morgan fingerprint density at radius 1 is 1.11 bits per heavy atom. The van der Waals surface area contributed by atoms with E-state index in [0.29, 0.717) is 5.75 Å². The van der Waals surface area contributed by atoms with E-state index in [9.17, 15) is 8.42 Å². The van der Waals surface area contributed by atoms with Gasteiger partial charge in [0.25, 0.3) is 0 Å². The van der Waals surface area contributed by atoms with Gasteiger partial charge in [-0.1, -0.05) is 24.3 Å². The fraction of sp³-hybridized carbons (Fsp3) is 0.429. The summed E-state index contributed by atoms with van der Waals surface area (Å²) in [7, 11) is -0.208. The van der Waals surface area contributed by atoms with Gasteiger partial charge in [-0.3, -0.25) is 4.90 Å². The molecular formula is C21H26N2O4S. The number of para-hydroxylation sites is 1. The van der Waals surface area contributed by atoms with Crippen LogP contribution in [-0.4, -0.2) is 57.0 Å². The second-order valence-corrected chi connectivity index (χ2v) is 9.36. The lowest BCUT2D eigenvalue weighted by atomic mass is 10.1. The predicted molar refractivity (Wildman–Crippen MR) is 107 cm³/mol. The van der Waals surface area contributed by atoms with E-state index in [-0.39, 0.29) is 17.0 Å². The molecule has 0 saturated carbocycles. The van der Waals surface area contributed by atoms with Crippen LogP contribution in [0.3, 0.4) is 0 Å². The standard InChI is InChI=1S/C21H26N2O4S/c1-22-18-10-12-23(15-16-6-5-7-17(14-16)26-2)13-11-19(18)27-20-8-3-4-9-21(20)28(22,24)25/h3-9,14,18-19H,10-13,15H2,1-2H3/t18-,19-/m1/s1. The van der Waals surface area contributed by atoms with Crippen LogP contribution in [0.25, 0.3) is 0 Å². The maximum absolute atomic E-state index is 13.1. The third kappa shape index (κ3) is 3.62. The molecule has 1 saturated heterocycles. The molecule has 0 bridgehead atoms. The molecule has 0 radical (unpaired) electrons. The van der Waals surface area contributed by atoms with Gasteiger partial charge >= 0.3 is 0 Å². The van der Waals surface area contributed by atoms with Crippen molar-refractivity contribution in [2.45, 2.75) is 36.4 Å². The van der Waals surface area contributed by atoms with Gasteiger partial charge in [0.2, 0.25) is 10.0 Å². The van der Waals surface area contributed by atoms with Crippen LogP contribution in [0.5, 0.6) is 11.5 Å². The monoisotopic (exact) mass is 402 g/mol. The highest BCUT2D eigenvalue weighted by Gasteiger charge is 2.41. The first-order chi connectivity index (χ1) is 13.5. The first kappa shape index (κ1) is 19.2. The van der Waals surface area contributed by atoms with Crippen molar-refractivity contribution >= 4 is 10.0 Å². The molecule has 0 N–H and O–H groups in total. The molecule has 0 aliphatic carbocycles. The molecule has 0 spiro atoms. The molecule has 2 aromatic carbocycles. The van der Waals surface area contributed by atoms with Crippen molar-refractivity contribution in [2.24, 2.45) is 0 Å². The van der Waals surface area contributed by atoms with Crippen molar-refractivity contribution in [3.8, 4) is 11.5 Å². The predicted octanol–water partition coefficient (Wildman–Crippen LogP) is 2.74. The van der Waals surface area contributed by atoms with Gasteiger partial charge in [0, 0.05) is 26.7 Å². The zero-order valence-corrected chi connectivity index (χ0v) is 17.1. The Morgan fingerprint density at radius 2 is 1.89 bits per heavy atom. The number of hydrogen-bond donors (Lipinski definition) is 0. The Bertz CT molecular complexity index is 947. The average molecular weight is 403 g/mol. The number of fused-ring (bicyclic) bond motifs is 2. The van der Waals surface area contributed by atoms with Crippen LogP contribution in [0.4, 0.5) is 0 Å². The van der Waals surface area contributed by atoms with Gasteiger partial charge in [-0.2, -0.15) is 4.31 Å². The van der Waals surface area contributed by atoms with Gasteiger partial charge < -0.3 is 9.47 Å². The molecule has 4 rings (SSSR count). The molecule has 2 heterocycles. The summed E-state index contributed by atoms with van der Waals surface area (Å²) >= 11 is 0. The summed E-state index contributed by atoms with van der Waals surface area (Å²) in [6.07, 6.45) is 1.36. The SMILES string of the molecule is COc1cccc(CN2CC[C@@H]3[C@@H](CC2)Oc2ccccc2S(=O)(=O)N3C)c1. The number of methoxy groups -OCH3 is 1. The molecular weight excluding hydrogens is 376 g/mol. The Morgan fingerprint density at radius 3 is 2.71 bits per heavy atom. The molecule has 2 aliphatic heterocycles. The van der Waals surface area contributed by atoms with Crippen molar-refractivity contribution in [3.05, 3.63) is 54.1 Å². The Labute approximate surface area is 166 Å². The summed E-state index contributed by atoms with van der Waals surface area (Å²) in [6.45, 7) is 2.48. The maximum Gasteiger partial charge on any atom is 0.246 e. The van der Waals surface area contributed by atoms with E-state index in [1.54, 1.807) is 32.4 Å². The summed E-state index contributed by atoms with van der Waals surface area (Å²) in [6, 6.07) is 14.8. The Balaban J connectivity index is 1.55. The van der Waals surface area contributed by atoms with E-state index < -0.39 is 10.0 Å². The van der Waals surface area contributed by atoms with Crippen molar-refractivity contribution in [1.82, 2.24) is 9.21 Å². The number of likely N-dealkylation sites (tertiary alicyclic amines) is 1. The molecule has 28 heavy (non-hydrogen) atoms. The fourth-order valence-corrected chi connectivity index (χ4v) is 5.64. The Kier molecular flexibility index (Phi) is 5.31. The first-order valence-electron chi connectivity index (χ1n) is 9.58. The summed E-state index contributed by atoms with van der Waals surface area (Å²) in [5, 5.41) is 0. The fourth-order valence-electron chi connectivity index (χ4n) is 4.11. The third-order valence-electron chi connectivity index (χ3n) is 5.69. The van der Waals surface area contributed by atoms with Crippen LogP contribution in [0.1, 0.15) is 18.4 Å². The number of likely N-dealkylation sites (N-methyl/N-ethyl adjacent to an activating group) is 1. The molecule has 6 nitrogen and oxygen atoms in total. The van der Waals surface area contributed by atoms with Crippen molar-refractivity contribution < 1.29 is 17.9 Å². The minimum absolute atomic E-state index is 0.154. The highest BCUT2D eigenvalue weighted by Crippen LogP contribution is 2.35. The molecule has 150 valence electrons. The summed E-state index contributed by atoms with van der Waals surface area (Å²) < 4.78 is 39.2. The molecule has 7 heteroatoms.